The maximum absolute atomic E-state index is 9.60. The van der Waals surface area contributed by atoms with Crippen LogP contribution in [0.15, 0.2) is 42.5 Å². The van der Waals surface area contributed by atoms with Gasteiger partial charge in [0, 0.05) is 0 Å². The van der Waals surface area contributed by atoms with Crippen molar-refractivity contribution in [2.45, 2.75) is 13.8 Å². The Morgan fingerprint density at radius 1 is 0.882 bits per heavy atom. The van der Waals surface area contributed by atoms with Crippen LogP contribution in [0.1, 0.15) is 11.1 Å². The molecule has 0 aromatic heterocycles. The van der Waals surface area contributed by atoms with Crippen LogP contribution in [0.25, 0.3) is 0 Å². The fourth-order valence-corrected chi connectivity index (χ4v) is 1.77. The average Bonchev–Trinajstić information content (AvgIpc) is 2.27. The van der Waals surface area contributed by atoms with E-state index in [9.17, 15) is 5.11 Å². The molecule has 3 nitrogen and oxygen atoms in total. The van der Waals surface area contributed by atoms with E-state index < -0.39 is 0 Å². The van der Waals surface area contributed by atoms with E-state index in [4.69, 9.17) is 0 Å². The van der Waals surface area contributed by atoms with Gasteiger partial charge in [-0.25, -0.2) is 0 Å². The number of hydrogen-bond acceptors (Lipinski definition) is 3. The van der Waals surface area contributed by atoms with Gasteiger partial charge in [-0.2, -0.15) is 0 Å². The summed E-state index contributed by atoms with van der Waals surface area (Å²) in [5.41, 5.74) is 10.1. The van der Waals surface area contributed by atoms with Gasteiger partial charge in [0.05, 0.1) is 11.4 Å². The van der Waals surface area contributed by atoms with Gasteiger partial charge in [0.25, 0.3) is 0 Å². The molecule has 2 rings (SSSR count). The lowest BCUT2D eigenvalue weighted by Crippen LogP contribution is -2.08. The van der Waals surface area contributed by atoms with Crippen LogP contribution in [0, 0.1) is 13.8 Å². The number of phenols is 1. The fourth-order valence-electron chi connectivity index (χ4n) is 1.77. The molecular formula is C14H16N2O. The third-order valence-corrected chi connectivity index (χ3v) is 2.47. The maximum atomic E-state index is 9.60. The monoisotopic (exact) mass is 228 g/mol. The summed E-state index contributed by atoms with van der Waals surface area (Å²) in [6, 6.07) is 13.3. The van der Waals surface area contributed by atoms with E-state index in [2.05, 4.69) is 30.8 Å². The molecule has 0 atom stereocenters. The molecule has 0 aliphatic heterocycles. The van der Waals surface area contributed by atoms with Gasteiger partial charge in [0.15, 0.2) is 0 Å². The van der Waals surface area contributed by atoms with E-state index in [1.807, 2.05) is 24.3 Å². The van der Waals surface area contributed by atoms with Gasteiger partial charge >= 0.3 is 0 Å². The molecule has 0 saturated heterocycles. The summed E-state index contributed by atoms with van der Waals surface area (Å²) in [7, 11) is 0. The number of anilines is 2. The fraction of sp³-hybridized carbons (Fsp3) is 0.143. The minimum Gasteiger partial charge on any atom is -0.506 e. The van der Waals surface area contributed by atoms with Gasteiger partial charge in [0.2, 0.25) is 0 Å². The van der Waals surface area contributed by atoms with Crippen molar-refractivity contribution in [3.63, 3.8) is 0 Å². The van der Waals surface area contributed by atoms with Crippen LogP contribution in [0.4, 0.5) is 11.4 Å². The van der Waals surface area contributed by atoms with E-state index in [1.54, 1.807) is 12.1 Å². The lowest BCUT2D eigenvalue weighted by molar-refractivity contribution is 0.477. The normalized spacial score (nSPS) is 10.0. The molecule has 0 heterocycles. The number of phenolic OH excluding ortho intramolecular Hbond substituents is 1. The summed E-state index contributed by atoms with van der Waals surface area (Å²) in [5.74, 6) is 0.226. The van der Waals surface area contributed by atoms with Gasteiger partial charge in [0.1, 0.15) is 5.75 Å². The summed E-state index contributed by atoms with van der Waals surface area (Å²) >= 11 is 0. The van der Waals surface area contributed by atoms with Crippen molar-refractivity contribution in [2.24, 2.45) is 0 Å². The molecule has 0 unspecified atom stereocenters. The Morgan fingerprint density at radius 2 is 1.53 bits per heavy atom. The van der Waals surface area contributed by atoms with Crippen LogP contribution in [-0.2, 0) is 0 Å². The SMILES string of the molecule is Cc1cc(C)cc(NNc2ccccc2O)c1. The first kappa shape index (κ1) is 11.3. The zero-order valence-electron chi connectivity index (χ0n) is 9.99. The van der Waals surface area contributed by atoms with Gasteiger partial charge in [-0.15, -0.1) is 0 Å². The van der Waals surface area contributed by atoms with Gasteiger partial charge < -0.3 is 10.5 Å². The van der Waals surface area contributed by atoms with Crippen LogP contribution in [-0.4, -0.2) is 5.11 Å². The van der Waals surface area contributed by atoms with Crippen molar-refractivity contribution >= 4 is 11.4 Å². The topological polar surface area (TPSA) is 44.3 Å². The quantitative estimate of drug-likeness (QED) is 0.557. The molecule has 0 aliphatic carbocycles. The Labute approximate surface area is 101 Å². The molecule has 0 radical (unpaired) electrons. The Morgan fingerprint density at radius 3 is 2.18 bits per heavy atom. The lowest BCUT2D eigenvalue weighted by atomic mass is 10.1. The maximum Gasteiger partial charge on any atom is 0.140 e. The van der Waals surface area contributed by atoms with Crippen LogP contribution in [0.2, 0.25) is 0 Å². The number of para-hydroxylation sites is 2. The summed E-state index contributed by atoms with van der Waals surface area (Å²) in [5, 5.41) is 9.60. The van der Waals surface area contributed by atoms with Crippen molar-refractivity contribution in [3.05, 3.63) is 53.6 Å². The molecule has 0 spiro atoms. The first-order chi connectivity index (χ1) is 8.15. The van der Waals surface area contributed by atoms with Crippen LogP contribution < -0.4 is 10.9 Å². The number of hydrazine groups is 1. The molecule has 0 saturated carbocycles. The van der Waals surface area contributed by atoms with E-state index >= 15 is 0 Å². The number of benzene rings is 2. The Bertz CT molecular complexity index is 503. The van der Waals surface area contributed by atoms with Crippen LogP contribution >= 0.6 is 0 Å². The molecule has 0 bridgehead atoms. The molecule has 3 heteroatoms. The number of nitrogens with one attached hydrogen (secondary N) is 2. The van der Waals surface area contributed by atoms with Gasteiger partial charge in [-0.1, -0.05) is 18.2 Å². The molecular weight excluding hydrogens is 212 g/mol. The standard InChI is InChI=1S/C14H16N2O/c1-10-7-11(2)9-12(8-10)15-16-13-5-3-4-6-14(13)17/h3-9,15-17H,1-2H3. The number of aromatic hydroxyl groups is 1. The summed E-state index contributed by atoms with van der Waals surface area (Å²) in [4.78, 5) is 0. The van der Waals surface area contributed by atoms with Crippen molar-refractivity contribution in [2.75, 3.05) is 10.9 Å². The first-order valence-electron chi connectivity index (χ1n) is 5.53. The highest BCUT2D eigenvalue weighted by Gasteiger charge is 1.99. The van der Waals surface area contributed by atoms with Crippen molar-refractivity contribution in [1.82, 2.24) is 0 Å². The highest BCUT2D eigenvalue weighted by Crippen LogP contribution is 2.22. The van der Waals surface area contributed by atoms with Crippen LogP contribution in [0.3, 0.4) is 0 Å². The summed E-state index contributed by atoms with van der Waals surface area (Å²) in [6.45, 7) is 4.11. The summed E-state index contributed by atoms with van der Waals surface area (Å²) in [6.07, 6.45) is 0. The minimum absolute atomic E-state index is 0.226. The molecule has 17 heavy (non-hydrogen) atoms. The predicted octanol–water partition coefficient (Wildman–Crippen LogP) is 3.45. The minimum atomic E-state index is 0.226. The van der Waals surface area contributed by atoms with E-state index in [-0.39, 0.29) is 5.75 Å². The van der Waals surface area contributed by atoms with Crippen LogP contribution in [0.5, 0.6) is 5.75 Å². The highest BCUT2D eigenvalue weighted by molar-refractivity contribution is 5.60. The first-order valence-corrected chi connectivity index (χ1v) is 5.53. The molecule has 2 aromatic carbocycles. The zero-order valence-corrected chi connectivity index (χ0v) is 9.99. The highest BCUT2D eigenvalue weighted by atomic mass is 16.3. The second kappa shape index (κ2) is 4.78. The molecule has 0 fully saturated rings. The zero-order chi connectivity index (χ0) is 12.3. The van der Waals surface area contributed by atoms with Gasteiger partial charge in [-0.3, -0.25) is 5.43 Å². The Balaban J connectivity index is 2.10. The Hall–Kier alpha value is -2.16. The predicted molar refractivity (Wildman–Crippen MR) is 71.3 cm³/mol. The molecule has 0 aliphatic rings. The van der Waals surface area contributed by atoms with Crippen molar-refractivity contribution < 1.29 is 5.11 Å². The largest absolute Gasteiger partial charge is 0.506 e. The van der Waals surface area contributed by atoms with Crippen molar-refractivity contribution in [3.8, 4) is 5.75 Å². The number of hydrogen-bond donors (Lipinski definition) is 3. The van der Waals surface area contributed by atoms with Crippen molar-refractivity contribution in [1.29, 1.82) is 0 Å². The smallest absolute Gasteiger partial charge is 0.140 e. The third-order valence-electron chi connectivity index (χ3n) is 2.47. The number of aryl methyl sites for hydroxylation is 2. The summed E-state index contributed by atoms with van der Waals surface area (Å²) < 4.78 is 0. The number of rotatable bonds is 3. The van der Waals surface area contributed by atoms with E-state index in [0.717, 1.165) is 5.69 Å². The molecule has 3 N–H and O–H groups in total. The van der Waals surface area contributed by atoms with E-state index in [1.165, 1.54) is 11.1 Å². The second-order valence-electron chi connectivity index (χ2n) is 4.14. The average molecular weight is 228 g/mol. The molecule has 0 amide bonds. The molecule has 88 valence electrons. The Kier molecular flexibility index (Phi) is 3.19. The lowest BCUT2D eigenvalue weighted by Gasteiger charge is -2.12. The second-order valence-corrected chi connectivity index (χ2v) is 4.14. The molecule has 2 aromatic rings. The van der Waals surface area contributed by atoms with E-state index in [0.29, 0.717) is 5.69 Å². The van der Waals surface area contributed by atoms with Gasteiger partial charge in [-0.05, 0) is 49.2 Å². The third kappa shape index (κ3) is 2.91.